The normalized spacial score (nSPS) is 11.8. The van der Waals surface area contributed by atoms with E-state index in [1.807, 2.05) is 12.1 Å². The molecule has 0 unspecified atom stereocenters. The molecule has 0 N–H and O–H groups in total. The van der Waals surface area contributed by atoms with Crippen molar-refractivity contribution < 1.29 is 4.42 Å². The minimum atomic E-state index is 0.639. The van der Waals surface area contributed by atoms with E-state index >= 15 is 0 Å². The molecule has 4 heterocycles. The van der Waals surface area contributed by atoms with Crippen LogP contribution in [0, 0.1) is 0 Å². The quantitative estimate of drug-likeness (QED) is 0.165. The van der Waals surface area contributed by atoms with Crippen molar-refractivity contribution in [2.45, 2.75) is 0 Å². The van der Waals surface area contributed by atoms with Gasteiger partial charge in [-0.2, -0.15) is 0 Å². The molecular formula is C53H32N4O. The SMILES string of the molecule is c1ccc(-c2cc(-c3ccc(-c4ccc5oc6ccc7c(-c8ccccc8)nc8ccccc8c7c6c5c4)cc3)nc(-n3c4ccccc4c4ccccc43)n2)cc1. The topological polar surface area (TPSA) is 56.7 Å². The maximum absolute atomic E-state index is 6.53. The second-order valence-corrected chi connectivity index (χ2v) is 14.8. The number of hydrogen-bond donors (Lipinski definition) is 0. The van der Waals surface area contributed by atoms with E-state index in [4.69, 9.17) is 19.4 Å². The van der Waals surface area contributed by atoms with Crippen molar-refractivity contribution in [2.75, 3.05) is 0 Å². The molecule has 0 bridgehead atoms. The first-order valence-corrected chi connectivity index (χ1v) is 19.5. The van der Waals surface area contributed by atoms with Gasteiger partial charge in [0.2, 0.25) is 5.95 Å². The average Bonchev–Trinajstić information content (AvgIpc) is 3.85. The Hall–Kier alpha value is -7.89. The zero-order valence-electron chi connectivity index (χ0n) is 31.2. The van der Waals surface area contributed by atoms with Crippen molar-refractivity contribution in [3.05, 3.63) is 194 Å². The van der Waals surface area contributed by atoms with Crippen molar-refractivity contribution >= 4 is 65.4 Å². The van der Waals surface area contributed by atoms with Crippen molar-refractivity contribution in [3.63, 3.8) is 0 Å². The minimum absolute atomic E-state index is 0.639. The first-order valence-electron chi connectivity index (χ1n) is 19.5. The lowest BCUT2D eigenvalue weighted by Crippen LogP contribution is -2.03. The Balaban J connectivity index is 1.01. The summed E-state index contributed by atoms with van der Waals surface area (Å²) in [4.78, 5) is 15.6. The molecule has 0 atom stereocenters. The van der Waals surface area contributed by atoms with E-state index < -0.39 is 0 Å². The molecule has 5 nitrogen and oxygen atoms in total. The van der Waals surface area contributed by atoms with Crippen LogP contribution >= 0.6 is 0 Å². The summed E-state index contributed by atoms with van der Waals surface area (Å²) in [5, 5.41) is 7.91. The molecule has 0 spiro atoms. The number of furan rings is 1. The summed E-state index contributed by atoms with van der Waals surface area (Å²) in [6, 6.07) is 67.7. The summed E-state index contributed by atoms with van der Waals surface area (Å²) in [6.07, 6.45) is 0. The van der Waals surface area contributed by atoms with Crippen molar-refractivity contribution in [2.24, 2.45) is 0 Å². The molecule has 8 aromatic carbocycles. The van der Waals surface area contributed by atoms with E-state index in [0.717, 1.165) is 99.5 Å². The van der Waals surface area contributed by atoms with Crippen LogP contribution in [-0.2, 0) is 0 Å². The summed E-state index contributed by atoms with van der Waals surface area (Å²) < 4.78 is 8.71. The minimum Gasteiger partial charge on any atom is -0.456 e. The molecule has 12 aromatic rings. The number of para-hydroxylation sites is 3. The van der Waals surface area contributed by atoms with Gasteiger partial charge in [-0.3, -0.25) is 4.57 Å². The fourth-order valence-corrected chi connectivity index (χ4v) is 8.72. The molecule has 270 valence electrons. The largest absolute Gasteiger partial charge is 0.456 e. The number of benzene rings is 8. The summed E-state index contributed by atoms with van der Waals surface area (Å²) >= 11 is 0. The smallest absolute Gasteiger partial charge is 0.235 e. The Morgan fingerprint density at radius 3 is 1.60 bits per heavy atom. The monoisotopic (exact) mass is 740 g/mol. The molecule has 0 amide bonds. The fourth-order valence-electron chi connectivity index (χ4n) is 8.72. The number of rotatable bonds is 5. The highest BCUT2D eigenvalue weighted by Gasteiger charge is 2.19. The van der Waals surface area contributed by atoms with Gasteiger partial charge in [-0.25, -0.2) is 15.0 Å². The molecule has 0 aliphatic carbocycles. The van der Waals surface area contributed by atoms with Gasteiger partial charge in [0, 0.05) is 54.4 Å². The first-order chi connectivity index (χ1) is 28.7. The standard InChI is InChI=1S/C53H32N4O/c1-3-13-34(14-4-1)44-32-45(56-53(55-44)57-46-21-11-8-17-38(46)39-18-9-12-22-47(39)57)35-25-23-33(24-26-35)37-27-29-48-42(31-37)51-49(58-48)30-28-41-50(51)40-19-7-10-20-43(40)54-52(41)36-15-5-2-6-16-36/h1-32H. The zero-order chi connectivity index (χ0) is 38.2. The summed E-state index contributed by atoms with van der Waals surface area (Å²) in [7, 11) is 0. The van der Waals surface area contributed by atoms with E-state index in [-0.39, 0.29) is 0 Å². The molecule has 0 aliphatic heterocycles. The number of hydrogen-bond acceptors (Lipinski definition) is 4. The number of pyridine rings is 1. The van der Waals surface area contributed by atoms with Crippen molar-refractivity contribution in [1.29, 1.82) is 0 Å². The van der Waals surface area contributed by atoms with Gasteiger partial charge in [0.25, 0.3) is 0 Å². The van der Waals surface area contributed by atoms with E-state index in [1.165, 1.54) is 10.8 Å². The van der Waals surface area contributed by atoms with Gasteiger partial charge in [0.15, 0.2) is 0 Å². The van der Waals surface area contributed by atoms with Gasteiger partial charge >= 0.3 is 0 Å². The predicted octanol–water partition coefficient (Wildman–Crippen LogP) is 13.8. The van der Waals surface area contributed by atoms with E-state index in [1.54, 1.807) is 0 Å². The molecule has 58 heavy (non-hydrogen) atoms. The van der Waals surface area contributed by atoms with Crippen LogP contribution in [0.2, 0.25) is 0 Å². The van der Waals surface area contributed by atoms with Gasteiger partial charge in [-0.05, 0) is 59.7 Å². The third-order valence-corrected chi connectivity index (χ3v) is 11.4. The molecule has 0 fully saturated rings. The Morgan fingerprint density at radius 2 is 0.897 bits per heavy atom. The Kier molecular flexibility index (Phi) is 7.16. The van der Waals surface area contributed by atoms with Crippen LogP contribution in [0.4, 0.5) is 0 Å². The van der Waals surface area contributed by atoms with Gasteiger partial charge in [0.1, 0.15) is 11.2 Å². The summed E-state index contributed by atoms with van der Waals surface area (Å²) in [6.45, 7) is 0. The zero-order valence-corrected chi connectivity index (χ0v) is 31.2. The molecule has 12 rings (SSSR count). The first kappa shape index (κ1) is 32.4. The maximum atomic E-state index is 6.53. The number of fused-ring (bicyclic) bond motifs is 10. The van der Waals surface area contributed by atoms with Crippen LogP contribution in [0.3, 0.4) is 0 Å². The highest BCUT2D eigenvalue weighted by Crippen LogP contribution is 2.42. The van der Waals surface area contributed by atoms with Crippen LogP contribution in [0.25, 0.3) is 116 Å². The lowest BCUT2D eigenvalue weighted by Gasteiger charge is -2.12. The van der Waals surface area contributed by atoms with E-state index in [9.17, 15) is 0 Å². The van der Waals surface area contributed by atoms with Gasteiger partial charge in [-0.1, -0.05) is 146 Å². The number of aromatic nitrogens is 4. The molecular weight excluding hydrogens is 709 g/mol. The summed E-state index contributed by atoms with van der Waals surface area (Å²) in [5.41, 5.74) is 12.9. The van der Waals surface area contributed by atoms with Gasteiger partial charge in [0.05, 0.1) is 33.6 Å². The van der Waals surface area contributed by atoms with Crippen molar-refractivity contribution in [3.8, 4) is 50.8 Å². The Bertz CT molecular complexity index is 3500. The maximum Gasteiger partial charge on any atom is 0.235 e. The highest BCUT2D eigenvalue weighted by molar-refractivity contribution is 6.28. The average molecular weight is 741 g/mol. The number of nitrogens with zero attached hydrogens (tertiary/aromatic N) is 4. The predicted molar refractivity (Wildman–Crippen MR) is 238 cm³/mol. The molecule has 4 aromatic heterocycles. The third-order valence-electron chi connectivity index (χ3n) is 11.4. The van der Waals surface area contributed by atoms with Crippen LogP contribution in [0.1, 0.15) is 0 Å². The van der Waals surface area contributed by atoms with Crippen LogP contribution in [-0.4, -0.2) is 19.5 Å². The second-order valence-electron chi connectivity index (χ2n) is 14.8. The molecule has 0 radical (unpaired) electrons. The Morgan fingerprint density at radius 1 is 0.345 bits per heavy atom. The van der Waals surface area contributed by atoms with E-state index in [0.29, 0.717) is 5.95 Å². The van der Waals surface area contributed by atoms with Crippen molar-refractivity contribution in [1.82, 2.24) is 19.5 Å². The fraction of sp³-hybridized carbons (Fsp3) is 0. The lowest BCUT2D eigenvalue weighted by molar-refractivity contribution is 0.669. The van der Waals surface area contributed by atoms with Crippen LogP contribution in [0.15, 0.2) is 199 Å². The third kappa shape index (κ3) is 5.07. The highest BCUT2D eigenvalue weighted by atomic mass is 16.3. The van der Waals surface area contributed by atoms with Gasteiger partial charge in [-0.15, -0.1) is 0 Å². The van der Waals surface area contributed by atoms with Crippen LogP contribution < -0.4 is 0 Å². The van der Waals surface area contributed by atoms with Gasteiger partial charge < -0.3 is 4.42 Å². The Labute approximate surface area is 333 Å². The van der Waals surface area contributed by atoms with E-state index in [2.05, 4.69) is 187 Å². The molecule has 0 saturated carbocycles. The van der Waals surface area contributed by atoms with Crippen LogP contribution in [0.5, 0.6) is 0 Å². The molecule has 0 aliphatic rings. The second kappa shape index (κ2) is 12.8. The summed E-state index contributed by atoms with van der Waals surface area (Å²) in [5.74, 6) is 0.639. The molecule has 0 saturated heterocycles. The lowest BCUT2D eigenvalue weighted by atomic mass is 9.95. The molecule has 5 heteroatoms.